The molecule has 0 radical (unpaired) electrons. The summed E-state index contributed by atoms with van der Waals surface area (Å²) in [6.45, 7) is 0. The molecule has 1 aliphatic heterocycles. The summed E-state index contributed by atoms with van der Waals surface area (Å²) < 4.78 is 105. The summed E-state index contributed by atoms with van der Waals surface area (Å²) in [6.07, 6.45) is -9.64. The summed E-state index contributed by atoms with van der Waals surface area (Å²) in [6, 6.07) is 4.60. The van der Waals surface area contributed by atoms with Gasteiger partial charge in [-0.2, -0.15) is 26.3 Å². The van der Waals surface area contributed by atoms with Crippen molar-refractivity contribution >= 4 is 33.2 Å². The molecule has 2 aromatic carbocycles. The van der Waals surface area contributed by atoms with Crippen LogP contribution in [0.5, 0.6) is 0 Å². The molecule has 0 aromatic heterocycles. The fourth-order valence-electron chi connectivity index (χ4n) is 3.04. The second-order valence-corrected chi connectivity index (χ2v) is 8.55. The Kier molecular flexibility index (Phi) is 5.98. The van der Waals surface area contributed by atoms with E-state index in [-0.39, 0.29) is 36.7 Å². The van der Waals surface area contributed by atoms with Gasteiger partial charge in [-0.25, -0.2) is 8.42 Å². The molecule has 2 aromatic rings. The Morgan fingerprint density at radius 2 is 1.25 bits per heavy atom. The molecular weight excluding hydrogens is 466 g/mol. The van der Waals surface area contributed by atoms with Gasteiger partial charge in [0.05, 0.1) is 27.4 Å². The number of nitrogens with one attached hydrogen (secondary N) is 1. The summed E-state index contributed by atoms with van der Waals surface area (Å²) in [4.78, 5) is 24.3. The van der Waals surface area contributed by atoms with Crippen LogP contribution in [0.25, 0.3) is 0 Å². The Morgan fingerprint density at radius 1 is 0.781 bits per heavy atom. The Balaban J connectivity index is 1.92. The van der Waals surface area contributed by atoms with Crippen LogP contribution < -0.4 is 9.62 Å². The number of piperidine rings is 1. The van der Waals surface area contributed by atoms with Gasteiger partial charge < -0.3 is 0 Å². The predicted octanol–water partition coefficient (Wildman–Crippen LogP) is 4.57. The van der Waals surface area contributed by atoms with Gasteiger partial charge in [-0.1, -0.05) is 0 Å². The van der Waals surface area contributed by atoms with Gasteiger partial charge in [0, 0.05) is 12.8 Å². The Hall–Kier alpha value is -3.09. The van der Waals surface area contributed by atoms with Gasteiger partial charge >= 0.3 is 12.4 Å². The summed E-state index contributed by atoms with van der Waals surface area (Å²) in [7, 11) is -4.59. The van der Waals surface area contributed by atoms with Crippen molar-refractivity contribution in [1.82, 2.24) is 0 Å². The summed E-state index contributed by atoms with van der Waals surface area (Å²) >= 11 is 0. The molecule has 172 valence electrons. The predicted molar refractivity (Wildman–Crippen MR) is 100 cm³/mol. The lowest BCUT2D eigenvalue weighted by Crippen LogP contribution is -2.40. The third kappa shape index (κ3) is 5.03. The van der Waals surface area contributed by atoms with Crippen LogP contribution >= 0.6 is 0 Å². The number of nitrogens with zero attached hydrogens (tertiary/aromatic N) is 1. The highest BCUT2D eigenvalue weighted by atomic mass is 32.2. The maximum Gasteiger partial charge on any atom is 0.416 e. The molecule has 0 bridgehead atoms. The molecule has 0 unspecified atom stereocenters. The number of anilines is 2. The van der Waals surface area contributed by atoms with Gasteiger partial charge in [0.15, 0.2) is 0 Å². The quantitative estimate of drug-likeness (QED) is 0.514. The van der Waals surface area contributed by atoms with Crippen LogP contribution in [0, 0.1) is 0 Å². The molecule has 0 spiro atoms. The number of imide groups is 1. The van der Waals surface area contributed by atoms with E-state index in [9.17, 15) is 44.3 Å². The normalized spacial score (nSPS) is 15.8. The van der Waals surface area contributed by atoms with Crippen LogP contribution in [-0.4, -0.2) is 20.2 Å². The van der Waals surface area contributed by atoms with E-state index in [0.717, 1.165) is 29.2 Å². The first-order chi connectivity index (χ1) is 14.7. The van der Waals surface area contributed by atoms with Crippen LogP contribution in [0.3, 0.4) is 0 Å². The monoisotopic (exact) mass is 480 g/mol. The average Bonchev–Trinajstić information content (AvgIpc) is 2.66. The zero-order valence-corrected chi connectivity index (χ0v) is 16.7. The molecule has 0 saturated carbocycles. The number of sulfonamides is 1. The second kappa shape index (κ2) is 8.11. The molecule has 13 heteroatoms. The first-order valence-corrected chi connectivity index (χ1v) is 10.4. The lowest BCUT2D eigenvalue weighted by molar-refractivity contribution is -0.143. The first-order valence-electron chi connectivity index (χ1n) is 8.97. The fourth-order valence-corrected chi connectivity index (χ4v) is 4.08. The van der Waals surface area contributed by atoms with Gasteiger partial charge in [-0.3, -0.25) is 19.2 Å². The van der Waals surface area contributed by atoms with Crippen molar-refractivity contribution < 1.29 is 44.3 Å². The molecule has 32 heavy (non-hydrogen) atoms. The standard InChI is InChI=1S/C19H14F6N2O4S/c20-18(21,22)11-8-12(19(23,24)25)10-13(9-11)26-32(30,31)15-6-4-14(5-7-15)27-16(28)2-1-3-17(27)29/h4-10,26H,1-3H2. The van der Waals surface area contributed by atoms with Crippen molar-refractivity contribution in [2.75, 3.05) is 9.62 Å². The number of carbonyl (C=O) groups is 2. The number of hydrogen-bond acceptors (Lipinski definition) is 4. The minimum absolute atomic E-state index is 0.0945. The number of hydrogen-bond donors (Lipinski definition) is 1. The van der Waals surface area contributed by atoms with Crippen LogP contribution in [0.15, 0.2) is 47.4 Å². The fraction of sp³-hybridized carbons (Fsp3) is 0.263. The third-order valence-electron chi connectivity index (χ3n) is 4.53. The highest BCUT2D eigenvalue weighted by Crippen LogP contribution is 2.38. The topological polar surface area (TPSA) is 83.6 Å². The maximum absolute atomic E-state index is 13.0. The van der Waals surface area contributed by atoms with Crippen molar-refractivity contribution in [2.24, 2.45) is 0 Å². The van der Waals surface area contributed by atoms with E-state index in [2.05, 4.69) is 0 Å². The van der Waals surface area contributed by atoms with Crippen molar-refractivity contribution in [2.45, 2.75) is 36.5 Å². The number of benzene rings is 2. The van der Waals surface area contributed by atoms with E-state index >= 15 is 0 Å². The number of alkyl halides is 6. The third-order valence-corrected chi connectivity index (χ3v) is 5.92. The Bertz CT molecular complexity index is 1110. The molecule has 0 aliphatic carbocycles. The van der Waals surface area contributed by atoms with Crippen molar-refractivity contribution in [1.29, 1.82) is 0 Å². The molecule has 0 atom stereocenters. The summed E-state index contributed by atoms with van der Waals surface area (Å²) in [5, 5.41) is 0. The van der Waals surface area contributed by atoms with Crippen molar-refractivity contribution in [3.63, 3.8) is 0 Å². The van der Waals surface area contributed by atoms with E-state index in [1.165, 1.54) is 0 Å². The zero-order valence-electron chi connectivity index (χ0n) is 15.9. The molecule has 1 N–H and O–H groups in total. The lowest BCUT2D eigenvalue weighted by Gasteiger charge is -2.25. The summed E-state index contributed by atoms with van der Waals surface area (Å²) in [5.41, 5.74) is -4.19. The van der Waals surface area contributed by atoms with E-state index in [0.29, 0.717) is 6.42 Å². The number of rotatable bonds is 4. The Labute approximate surface area is 177 Å². The van der Waals surface area contributed by atoms with E-state index in [1.54, 1.807) is 4.72 Å². The minimum Gasteiger partial charge on any atom is -0.280 e. The zero-order chi connectivity index (χ0) is 23.9. The van der Waals surface area contributed by atoms with Gasteiger partial charge in [-0.15, -0.1) is 0 Å². The van der Waals surface area contributed by atoms with Crippen molar-refractivity contribution in [3.8, 4) is 0 Å². The number of amides is 2. The molecule has 6 nitrogen and oxygen atoms in total. The molecule has 2 amide bonds. The first kappa shape index (κ1) is 23.6. The van der Waals surface area contributed by atoms with E-state index < -0.39 is 55.9 Å². The average molecular weight is 480 g/mol. The van der Waals surface area contributed by atoms with Crippen molar-refractivity contribution in [3.05, 3.63) is 53.6 Å². The molecule has 1 fully saturated rings. The lowest BCUT2D eigenvalue weighted by atomic mass is 10.1. The van der Waals surface area contributed by atoms with Gasteiger partial charge in [0.2, 0.25) is 11.8 Å². The molecule has 1 saturated heterocycles. The van der Waals surface area contributed by atoms with E-state index in [4.69, 9.17) is 0 Å². The maximum atomic E-state index is 13.0. The van der Waals surface area contributed by atoms with E-state index in [1.807, 2.05) is 0 Å². The van der Waals surface area contributed by atoms with Crippen LogP contribution in [0.2, 0.25) is 0 Å². The molecular formula is C19H14F6N2O4S. The summed E-state index contributed by atoms with van der Waals surface area (Å²) in [5.74, 6) is -0.947. The second-order valence-electron chi connectivity index (χ2n) is 6.87. The van der Waals surface area contributed by atoms with Crippen LogP contribution in [0.4, 0.5) is 37.7 Å². The molecule has 3 rings (SSSR count). The number of carbonyl (C=O) groups excluding carboxylic acids is 2. The highest BCUT2D eigenvalue weighted by molar-refractivity contribution is 7.92. The van der Waals surface area contributed by atoms with Crippen LogP contribution in [-0.2, 0) is 32.0 Å². The van der Waals surface area contributed by atoms with Crippen LogP contribution in [0.1, 0.15) is 30.4 Å². The molecule has 1 heterocycles. The van der Waals surface area contributed by atoms with Gasteiger partial charge in [0.25, 0.3) is 10.0 Å². The molecule has 1 aliphatic rings. The SMILES string of the molecule is O=C1CCCC(=O)N1c1ccc(S(=O)(=O)Nc2cc(C(F)(F)F)cc(C(F)(F)F)c2)cc1. The van der Waals surface area contributed by atoms with Gasteiger partial charge in [-0.05, 0) is 48.9 Å². The Morgan fingerprint density at radius 3 is 1.69 bits per heavy atom. The van der Waals surface area contributed by atoms with Gasteiger partial charge in [0.1, 0.15) is 0 Å². The minimum atomic E-state index is -5.14. The smallest absolute Gasteiger partial charge is 0.280 e. The number of halogens is 6. The highest BCUT2D eigenvalue weighted by Gasteiger charge is 2.37. The largest absolute Gasteiger partial charge is 0.416 e.